The molecule has 0 radical (unpaired) electrons. The zero-order valence-electron chi connectivity index (χ0n) is 15.5. The van der Waals surface area contributed by atoms with Crippen LogP contribution >= 0.6 is 0 Å². The van der Waals surface area contributed by atoms with Gasteiger partial charge in [0.1, 0.15) is 6.54 Å². The van der Waals surface area contributed by atoms with E-state index in [2.05, 4.69) is 15.2 Å². The Kier molecular flexibility index (Phi) is 5.38. The number of amides is 1. The Hall–Kier alpha value is -2.41. The molecule has 4 rings (SSSR count). The van der Waals surface area contributed by atoms with E-state index in [1.807, 2.05) is 24.3 Å². The fourth-order valence-corrected chi connectivity index (χ4v) is 3.88. The molecule has 1 aromatic carbocycles. The summed E-state index contributed by atoms with van der Waals surface area (Å²) in [5, 5.41) is 2.91. The lowest BCUT2D eigenvalue weighted by molar-refractivity contribution is -0.122. The number of ether oxygens (including phenoxy) is 1. The third-order valence-corrected chi connectivity index (χ3v) is 5.34. The van der Waals surface area contributed by atoms with Crippen molar-refractivity contribution in [3.8, 4) is 0 Å². The monoisotopic (exact) mass is 370 g/mol. The number of anilines is 1. The van der Waals surface area contributed by atoms with Gasteiger partial charge in [-0.15, -0.1) is 0 Å². The number of hydrogen-bond acceptors (Lipinski definition) is 5. The maximum absolute atomic E-state index is 13.1. The molecule has 1 amide bonds. The highest BCUT2D eigenvalue weighted by molar-refractivity contribution is 5.81. The molecule has 3 heterocycles. The minimum atomic E-state index is -0.192. The van der Waals surface area contributed by atoms with Crippen LogP contribution in [0.2, 0.25) is 0 Å². The van der Waals surface area contributed by atoms with Gasteiger partial charge in [0, 0.05) is 26.2 Å². The molecule has 7 heteroatoms. The van der Waals surface area contributed by atoms with E-state index >= 15 is 0 Å². The number of carbonyl (C=O) groups excluding carboxylic acids is 1. The first-order valence-corrected chi connectivity index (χ1v) is 9.85. The molecule has 2 saturated heterocycles. The predicted octanol–water partition coefficient (Wildman–Crippen LogP) is 1.68. The summed E-state index contributed by atoms with van der Waals surface area (Å²) in [6.45, 7) is 2.93. The molecule has 1 aromatic heterocycles. The maximum Gasteiger partial charge on any atom is 0.294 e. The summed E-state index contributed by atoms with van der Waals surface area (Å²) < 4.78 is 7.10. The lowest BCUT2D eigenvalue weighted by atomic mass is 10.1. The van der Waals surface area contributed by atoms with Crippen molar-refractivity contribution >= 4 is 22.8 Å². The second-order valence-corrected chi connectivity index (χ2v) is 7.30. The highest BCUT2D eigenvalue weighted by Gasteiger charge is 2.21. The molecular weight excluding hydrogens is 344 g/mol. The Labute approximate surface area is 158 Å². The van der Waals surface area contributed by atoms with Gasteiger partial charge < -0.3 is 15.0 Å². The number of nitrogens with zero attached hydrogens (tertiary/aromatic N) is 3. The van der Waals surface area contributed by atoms with Crippen molar-refractivity contribution in [2.75, 3.05) is 31.1 Å². The maximum atomic E-state index is 13.1. The molecule has 2 aliphatic heterocycles. The Morgan fingerprint density at radius 3 is 2.78 bits per heavy atom. The number of nitrogens with one attached hydrogen (secondary N) is 1. The summed E-state index contributed by atoms with van der Waals surface area (Å²) in [5.41, 5.74) is 1.24. The van der Waals surface area contributed by atoms with Crippen molar-refractivity contribution in [2.45, 2.75) is 44.8 Å². The Morgan fingerprint density at radius 1 is 1.19 bits per heavy atom. The first kappa shape index (κ1) is 18.0. The standard InChI is InChI=1S/C20H26N4O3/c25-18(21-13-15-7-6-12-27-15)14-24-17-9-3-2-8-16(17)22-19(20(24)26)23-10-4-1-5-11-23/h2-3,8-9,15H,1,4-7,10-14H2,(H,21,25). The fraction of sp³-hybridized carbons (Fsp3) is 0.550. The van der Waals surface area contributed by atoms with Gasteiger partial charge in [0.05, 0.1) is 17.1 Å². The number of carbonyl (C=O) groups is 1. The minimum Gasteiger partial charge on any atom is -0.376 e. The summed E-state index contributed by atoms with van der Waals surface area (Å²) in [4.78, 5) is 32.3. The van der Waals surface area contributed by atoms with E-state index in [1.165, 1.54) is 6.42 Å². The summed E-state index contributed by atoms with van der Waals surface area (Å²) in [7, 11) is 0. The molecule has 144 valence electrons. The van der Waals surface area contributed by atoms with Crippen LogP contribution in [0.15, 0.2) is 29.1 Å². The van der Waals surface area contributed by atoms with Gasteiger partial charge in [-0.3, -0.25) is 14.2 Å². The molecule has 1 atom stereocenters. The molecule has 1 N–H and O–H groups in total. The van der Waals surface area contributed by atoms with E-state index in [-0.39, 0.29) is 24.1 Å². The largest absolute Gasteiger partial charge is 0.376 e. The number of hydrogen-bond donors (Lipinski definition) is 1. The molecule has 2 aromatic rings. The molecule has 0 aliphatic carbocycles. The van der Waals surface area contributed by atoms with E-state index in [0.29, 0.717) is 17.9 Å². The van der Waals surface area contributed by atoms with Crippen LogP contribution in [0.5, 0.6) is 0 Å². The average molecular weight is 370 g/mol. The number of piperidine rings is 1. The van der Waals surface area contributed by atoms with Gasteiger partial charge >= 0.3 is 0 Å². The summed E-state index contributed by atoms with van der Waals surface area (Å²) in [6, 6.07) is 7.51. The lowest BCUT2D eigenvalue weighted by Crippen LogP contribution is -2.40. The van der Waals surface area contributed by atoms with Gasteiger partial charge in [-0.25, -0.2) is 4.98 Å². The zero-order valence-corrected chi connectivity index (χ0v) is 15.5. The molecule has 1 unspecified atom stereocenters. The third kappa shape index (κ3) is 3.98. The van der Waals surface area contributed by atoms with Gasteiger partial charge in [-0.1, -0.05) is 12.1 Å². The normalized spacial score (nSPS) is 20.1. The molecule has 2 fully saturated rings. The van der Waals surface area contributed by atoms with E-state index in [0.717, 1.165) is 50.9 Å². The zero-order chi connectivity index (χ0) is 18.6. The first-order valence-electron chi connectivity index (χ1n) is 9.85. The van der Waals surface area contributed by atoms with Gasteiger partial charge in [0.25, 0.3) is 5.56 Å². The van der Waals surface area contributed by atoms with Crippen molar-refractivity contribution in [3.05, 3.63) is 34.6 Å². The summed E-state index contributed by atoms with van der Waals surface area (Å²) in [6.07, 6.45) is 5.41. The minimum absolute atomic E-state index is 0.00454. The van der Waals surface area contributed by atoms with Gasteiger partial charge in [-0.2, -0.15) is 0 Å². The molecule has 2 aliphatic rings. The van der Waals surface area contributed by atoms with Crippen molar-refractivity contribution in [3.63, 3.8) is 0 Å². The van der Waals surface area contributed by atoms with Gasteiger partial charge in [-0.05, 0) is 44.2 Å². The van der Waals surface area contributed by atoms with Crippen LogP contribution in [0, 0.1) is 0 Å². The SMILES string of the molecule is O=C(Cn1c(=O)c(N2CCCCC2)nc2ccccc21)NCC1CCCO1. The number of benzene rings is 1. The number of rotatable bonds is 5. The first-order chi connectivity index (χ1) is 13.2. The van der Waals surface area contributed by atoms with Gasteiger partial charge in [0.2, 0.25) is 5.91 Å². The van der Waals surface area contributed by atoms with E-state index in [4.69, 9.17) is 4.74 Å². The summed E-state index contributed by atoms with van der Waals surface area (Å²) >= 11 is 0. The van der Waals surface area contributed by atoms with Crippen LogP contribution < -0.4 is 15.8 Å². The van der Waals surface area contributed by atoms with E-state index in [9.17, 15) is 9.59 Å². The quantitative estimate of drug-likeness (QED) is 0.867. The average Bonchev–Trinajstić information content (AvgIpc) is 3.23. The van der Waals surface area contributed by atoms with E-state index < -0.39 is 0 Å². The molecule has 0 spiro atoms. The van der Waals surface area contributed by atoms with Crippen LogP contribution in [-0.2, 0) is 16.1 Å². The number of aromatic nitrogens is 2. The van der Waals surface area contributed by atoms with Crippen molar-refractivity contribution < 1.29 is 9.53 Å². The van der Waals surface area contributed by atoms with Crippen molar-refractivity contribution in [1.29, 1.82) is 0 Å². The van der Waals surface area contributed by atoms with Crippen LogP contribution in [0.25, 0.3) is 11.0 Å². The van der Waals surface area contributed by atoms with Crippen LogP contribution in [0.4, 0.5) is 5.82 Å². The topological polar surface area (TPSA) is 76.5 Å². The Balaban J connectivity index is 1.60. The predicted molar refractivity (Wildman–Crippen MR) is 104 cm³/mol. The molecule has 27 heavy (non-hydrogen) atoms. The lowest BCUT2D eigenvalue weighted by Gasteiger charge is -2.27. The number of para-hydroxylation sites is 2. The molecular formula is C20H26N4O3. The molecule has 0 bridgehead atoms. The highest BCUT2D eigenvalue weighted by Crippen LogP contribution is 2.18. The van der Waals surface area contributed by atoms with Crippen LogP contribution in [0.3, 0.4) is 0 Å². The molecule has 7 nitrogen and oxygen atoms in total. The van der Waals surface area contributed by atoms with E-state index in [1.54, 1.807) is 4.57 Å². The summed E-state index contributed by atoms with van der Waals surface area (Å²) in [5.74, 6) is 0.286. The second-order valence-electron chi connectivity index (χ2n) is 7.30. The highest BCUT2D eigenvalue weighted by atomic mass is 16.5. The van der Waals surface area contributed by atoms with Crippen LogP contribution in [0.1, 0.15) is 32.1 Å². The number of fused-ring (bicyclic) bond motifs is 1. The third-order valence-electron chi connectivity index (χ3n) is 5.34. The van der Waals surface area contributed by atoms with Crippen LogP contribution in [-0.4, -0.2) is 47.8 Å². The smallest absolute Gasteiger partial charge is 0.294 e. The molecule has 0 saturated carbocycles. The Morgan fingerprint density at radius 2 is 2.00 bits per heavy atom. The van der Waals surface area contributed by atoms with Crippen molar-refractivity contribution in [2.24, 2.45) is 0 Å². The van der Waals surface area contributed by atoms with Crippen molar-refractivity contribution in [1.82, 2.24) is 14.9 Å². The Bertz CT molecular complexity index is 867. The van der Waals surface area contributed by atoms with Gasteiger partial charge in [0.15, 0.2) is 5.82 Å². The second kappa shape index (κ2) is 8.08. The fourth-order valence-electron chi connectivity index (χ4n) is 3.88.